The predicted molar refractivity (Wildman–Crippen MR) is 153 cm³/mol. The molecule has 0 saturated carbocycles. The lowest BCUT2D eigenvalue weighted by Crippen LogP contribution is -2.41. The number of pyridine rings is 1. The van der Waals surface area contributed by atoms with Gasteiger partial charge in [0.2, 0.25) is 0 Å². The highest BCUT2D eigenvalue weighted by molar-refractivity contribution is 5.86. The van der Waals surface area contributed by atoms with Crippen LogP contribution in [0.25, 0.3) is 10.9 Å². The number of esters is 1. The highest BCUT2D eigenvalue weighted by Gasteiger charge is 2.39. The van der Waals surface area contributed by atoms with Crippen molar-refractivity contribution in [1.29, 1.82) is 0 Å². The molecule has 4 unspecified atom stereocenters. The number of carbonyl (C=O) groups excluding carboxylic acids is 2. The highest BCUT2D eigenvalue weighted by atomic mass is 16.5. The van der Waals surface area contributed by atoms with Gasteiger partial charge < -0.3 is 14.9 Å². The summed E-state index contributed by atoms with van der Waals surface area (Å²) in [7, 11) is 0. The molecule has 1 fully saturated rings. The molecular weight excluding hydrogens is 478 g/mol. The molecule has 0 spiro atoms. The lowest BCUT2D eigenvalue weighted by molar-refractivity contribution is -0.156. The molecule has 1 aliphatic heterocycles. The van der Waals surface area contributed by atoms with Gasteiger partial charge in [-0.1, -0.05) is 80.0 Å². The number of cyclic esters (lactones) is 1. The molecule has 0 aliphatic carbocycles. The molecule has 1 aliphatic rings. The number of Topliss-reactive ketones (excluding diaryl/α,β-unsaturated/α-hetero) is 1. The number of ketones is 1. The first-order valence-corrected chi connectivity index (χ1v) is 14.2. The summed E-state index contributed by atoms with van der Waals surface area (Å²) in [5.74, 6) is -0.574. The average Bonchev–Trinajstić information content (AvgIpc) is 2.88. The second-order valence-corrected chi connectivity index (χ2v) is 12.1. The van der Waals surface area contributed by atoms with Gasteiger partial charge in [-0.2, -0.15) is 0 Å². The van der Waals surface area contributed by atoms with Crippen LogP contribution in [0.1, 0.15) is 106 Å². The van der Waals surface area contributed by atoms with Crippen molar-refractivity contribution >= 4 is 22.7 Å². The molecule has 38 heavy (non-hydrogen) atoms. The van der Waals surface area contributed by atoms with Crippen molar-refractivity contribution in [2.24, 2.45) is 22.7 Å². The van der Waals surface area contributed by atoms with E-state index >= 15 is 0 Å². The molecule has 2 N–H and O–H groups in total. The molecule has 1 aromatic heterocycles. The third kappa shape index (κ3) is 8.09. The van der Waals surface area contributed by atoms with Crippen LogP contribution in [-0.4, -0.2) is 39.2 Å². The summed E-state index contributed by atoms with van der Waals surface area (Å²) in [5.41, 5.74) is 0.525. The monoisotopic (exact) mass is 527 g/mol. The number of aromatic nitrogens is 1. The molecule has 0 amide bonds. The van der Waals surface area contributed by atoms with Crippen molar-refractivity contribution < 1.29 is 24.5 Å². The summed E-state index contributed by atoms with van der Waals surface area (Å²) >= 11 is 0. The van der Waals surface area contributed by atoms with E-state index in [1.165, 1.54) is 0 Å². The Morgan fingerprint density at radius 1 is 1.00 bits per heavy atom. The van der Waals surface area contributed by atoms with Crippen LogP contribution in [0.2, 0.25) is 0 Å². The number of hydrogen-bond acceptors (Lipinski definition) is 6. The summed E-state index contributed by atoms with van der Waals surface area (Å²) in [6, 6.07) is 9.83. The summed E-state index contributed by atoms with van der Waals surface area (Å²) < 4.78 is 6.00. The van der Waals surface area contributed by atoms with Gasteiger partial charge in [0.15, 0.2) is 0 Å². The Morgan fingerprint density at radius 3 is 2.37 bits per heavy atom. The largest absolute Gasteiger partial charge is 0.457 e. The molecule has 2 heterocycles. The quantitative estimate of drug-likeness (QED) is 0.395. The standard InChI is InChI=1S/C30H43NO5.C2H6/c1-19-9-7-13-29(3,4)20(2)15-25(22-12-11-21-10-8-14-31-23(21)16-22)36-28(35)18-27(34)30(5,6)26(33)17-24(19)32;1-2/h8,10-12,14,16,19-20,24-25,27,32,34H,7,9,13,15,17-18H2,1-6H3;1-2H3/t19-,20?,24?,25?,27?;/m0./s1. The van der Waals surface area contributed by atoms with Gasteiger partial charge in [-0.25, -0.2) is 0 Å². The van der Waals surface area contributed by atoms with E-state index in [1.807, 2.05) is 51.1 Å². The maximum atomic E-state index is 13.1. The smallest absolute Gasteiger partial charge is 0.309 e. The minimum atomic E-state index is -1.21. The second kappa shape index (κ2) is 13.7. The van der Waals surface area contributed by atoms with Gasteiger partial charge in [-0.05, 0) is 54.2 Å². The molecular formula is C32H49NO5. The number of carbonyl (C=O) groups is 2. The number of aliphatic hydroxyl groups is 2. The Balaban J connectivity index is 0.00000247. The Bertz CT molecular complexity index is 1060. The van der Waals surface area contributed by atoms with Crippen molar-refractivity contribution in [2.45, 2.75) is 112 Å². The van der Waals surface area contributed by atoms with Crippen molar-refractivity contribution in [3.63, 3.8) is 0 Å². The molecule has 3 rings (SSSR count). The Labute approximate surface area is 229 Å². The first-order chi connectivity index (χ1) is 17.8. The van der Waals surface area contributed by atoms with Gasteiger partial charge in [-0.15, -0.1) is 0 Å². The highest BCUT2D eigenvalue weighted by Crippen LogP contribution is 2.40. The number of fused-ring (bicyclic) bond motifs is 1. The maximum absolute atomic E-state index is 13.1. The number of hydrogen-bond donors (Lipinski definition) is 2. The van der Waals surface area contributed by atoms with E-state index in [0.29, 0.717) is 6.42 Å². The normalized spacial score (nSPS) is 29.2. The number of aliphatic hydroxyl groups excluding tert-OH is 2. The zero-order valence-corrected chi connectivity index (χ0v) is 24.7. The minimum absolute atomic E-state index is 0.0151. The van der Waals surface area contributed by atoms with E-state index in [9.17, 15) is 19.8 Å². The van der Waals surface area contributed by atoms with Gasteiger partial charge in [0.25, 0.3) is 0 Å². The van der Waals surface area contributed by atoms with E-state index in [-0.39, 0.29) is 35.9 Å². The Hall–Kier alpha value is -2.31. The average molecular weight is 528 g/mol. The number of ether oxygens (including phenoxy) is 1. The minimum Gasteiger partial charge on any atom is -0.457 e. The Morgan fingerprint density at radius 2 is 1.68 bits per heavy atom. The SMILES string of the molecule is CC.CC1CC(c2ccc3cccnc3c2)OC(=O)CC(O)C(C)(C)C(=O)CC(O)[C@@H](C)CCCC1(C)C. The molecule has 1 saturated heterocycles. The zero-order chi connectivity index (χ0) is 28.7. The van der Waals surface area contributed by atoms with E-state index in [2.05, 4.69) is 25.8 Å². The zero-order valence-electron chi connectivity index (χ0n) is 24.7. The van der Waals surface area contributed by atoms with Crippen molar-refractivity contribution in [3.05, 3.63) is 42.1 Å². The summed E-state index contributed by atoms with van der Waals surface area (Å²) in [5, 5.41) is 22.5. The molecule has 0 bridgehead atoms. The van der Waals surface area contributed by atoms with E-state index in [1.54, 1.807) is 20.0 Å². The molecule has 0 radical (unpaired) electrons. The first kappa shape index (κ1) is 31.9. The Kier molecular flexibility index (Phi) is 11.5. The molecule has 6 nitrogen and oxygen atoms in total. The molecule has 2 aromatic rings. The molecule has 212 valence electrons. The van der Waals surface area contributed by atoms with Crippen LogP contribution in [-0.2, 0) is 14.3 Å². The fourth-order valence-corrected chi connectivity index (χ4v) is 4.95. The van der Waals surface area contributed by atoms with Crippen LogP contribution in [0.3, 0.4) is 0 Å². The molecule has 5 atom stereocenters. The van der Waals surface area contributed by atoms with Gasteiger partial charge >= 0.3 is 5.97 Å². The molecule has 1 aromatic carbocycles. The van der Waals surface area contributed by atoms with Crippen LogP contribution < -0.4 is 0 Å². The van der Waals surface area contributed by atoms with Crippen LogP contribution >= 0.6 is 0 Å². The number of benzene rings is 1. The van der Waals surface area contributed by atoms with Crippen LogP contribution in [0, 0.1) is 22.7 Å². The predicted octanol–water partition coefficient (Wildman–Crippen LogP) is 6.82. The third-order valence-corrected chi connectivity index (χ3v) is 8.62. The lowest BCUT2D eigenvalue weighted by atomic mass is 9.72. The van der Waals surface area contributed by atoms with Crippen LogP contribution in [0.4, 0.5) is 0 Å². The first-order valence-electron chi connectivity index (χ1n) is 14.2. The van der Waals surface area contributed by atoms with Crippen molar-refractivity contribution in [1.82, 2.24) is 4.98 Å². The number of nitrogens with zero attached hydrogens (tertiary/aromatic N) is 1. The van der Waals surface area contributed by atoms with E-state index < -0.39 is 29.7 Å². The molecule has 6 heteroatoms. The fraction of sp³-hybridized carbons (Fsp3) is 0.656. The number of rotatable bonds is 1. The lowest BCUT2D eigenvalue weighted by Gasteiger charge is -2.36. The van der Waals surface area contributed by atoms with Crippen molar-refractivity contribution in [3.8, 4) is 0 Å². The van der Waals surface area contributed by atoms with E-state index in [4.69, 9.17) is 4.74 Å². The van der Waals surface area contributed by atoms with E-state index in [0.717, 1.165) is 35.7 Å². The van der Waals surface area contributed by atoms with Gasteiger partial charge in [0.05, 0.1) is 24.1 Å². The fourth-order valence-electron chi connectivity index (χ4n) is 4.95. The van der Waals surface area contributed by atoms with Gasteiger partial charge in [-0.3, -0.25) is 14.6 Å². The van der Waals surface area contributed by atoms with Gasteiger partial charge in [0.1, 0.15) is 11.9 Å². The van der Waals surface area contributed by atoms with Crippen molar-refractivity contribution in [2.75, 3.05) is 0 Å². The summed E-state index contributed by atoms with van der Waals surface area (Å²) in [6.07, 6.45) is 2.31. The third-order valence-electron chi connectivity index (χ3n) is 8.62. The van der Waals surface area contributed by atoms with Gasteiger partial charge in [0, 0.05) is 23.4 Å². The second-order valence-electron chi connectivity index (χ2n) is 12.1. The van der Waals surface area contributed by atoms with Crippen LogP contribution in [0.5, 0.6) is 0 Å². The summed E-state index contributed by atoms with van der Waals surface area (Å²) in [4.78, 5) is 30.5. The maximum Gasteiger partial charge on any atom is 0.309 e. The summed E-state index contributed by atoms with van der Waals surface area (Å²) in [6.45, 7) is 15.9. The topological polar surface area (TPSA) is 96.7 Å². The van der Waals surface area contributed by atoms with Crippen LogP contribution in [0.15, 0.2) is 36.5 Å².